The summed E-state index contributed by atoms with van der Waals surface area (Å²) < 4.78 is 0. The number of hydrogen-bond donors (Lipinski definition) is 1. The molecule has 0 bridgehead atoms. The lowest BCUT2D eigenvalue weighted by molar-refractivity contribution is 0.931. The second-order valence-electron chi connectivity index (χ2n) is 1.12. The van der Waals surface area contributed by atoms with Crippen LogP contribution in [0.3, 0.4) is 0 Å². The van der Waals surface area contributed by atoms with Crippen molar-refractivity contribution in [2.75, 3.05) is 6.54 Å². The molecule has 0 aromatic heterocycles. The van der Waals surface area contributed by atoms with E-state index in [1.54, 1.807) is 0 Å². The molecule has 1 rings (SSSR count). The van der Waals surface area contributed by atoms with Gasteiger partial charge >= 0.3 is 0 Å². The highest BCUT2D eigenvalue weighted by Crippen LogP contribution is 1.91. The van der Waals surface area contributed by atoms with Crippen LogP contribution in [0.2, 0.25) is 0 Å². The fourth-order valence-corrected chi connectivity index (χ4v) is 0.241. The highest BCUT2D eigenvalue weighted by molar-refractivity contribution is 5.84. The van der Waals surface area contributed by atoms with Gasteiger partial charge in [0, 0.05) is 13.0 Å². The summed E-state index contributed by atoms with van der Waals surface area (Å²) in [6.45, 7) is 0.950. The van der Waals surface area contributed by atoms with Gasteiger partial charge in [0.1, 0.15) is 0 Å². The van der Waals surface area contributed by atoms with E-state index >= 15 is 0 Å². The summed E-state index contributed by atoms with van der Waals surface area (Å²) in [7, 11) is 0. The van der Waals surface area contributed by atoms with Crippen LogP contribution in [0.4, 0.5) is 0 Å². The van der Waals surface area contributed by atoms with Crippen molar-refractivity contribution < 1.29 is 0 Å². The molecule has 0 saturated heterocycles. The molecule has 0 saturated carbocycles. The molecule has 1 aliphatic heterocycles. The van der Waals surface area contributed by atoms with E-state index in [1.807, 2.05) is 0 Å². The lowest BCUT2D eigenvalue weighted by atomic mass is 10.3. The Bertz CT molecular complexity index is 65.3. The third-order valence-electron chi connectivity index (χ3n) is 0.683. The van der Waals surface area contributed by atoms with Crippen molar-refractivity contribution in [1.29, 1.82) is 0 Å². The first-order chi connectivity index (χ1) is 2.39. The van der Waals surface area contributed by atoms with Crippen molar-refractivity contribution in [2.24, 2.45) is 10.7 Å². The Morgan fingerprint density at radius 3 is 2.20 bits per heavy atom. The molecule has 1 aliphatic rings. The molecule has 0 spiro atoms. The number of rotatable bonds is 0. The SMILES string of the molecule is NC1=NCC1. The van der Waals surface area contributed by atoms with Gasteiger partial charge in [0.05, 0.1) is 5.84 Å². The summed E-state index contributed by atoms with van der Waals surface area (Å²) in [5, 5.41) is 0. The molecule has 2 N–H and O–H groups in total. The Kier molecular flexibility index (Phi) is 0.381. The molecule has 28 valence electrons. The number of aliphatic imine (C=N–C) groups is 1. The van der Waals surface area contributed by atoms with Crippen LogP contribution in [0, 0.1) is 0 Å². The fourth-order valence-electron chi connectivity index (χ4n) is 0.241. The molecule has 2 heteroatoms. The zero-order chi connectivity index (χ0) is 3.70. The van der Waals surface area contributed by atoms with E-state index in [0.717, 1.165) is 18.8 Å². The molecule has 2 nitrogen and oxygen atoms in total. The molecule has 0 fully saturated rings. The molecule has 0 aromatic rings. The minimum Gasteiger partial charge on any atom is -0.387 e. The molecule has 0 unspecified atom stereocenters. The molecule has 0 aliphatic carbocycles. The van der Waals surface area contributed by atoms with Crippen molar-refractivity contribution in [3.63, 3.8) is 0 Å². The Labute approximate surface area is 30.7 Å². The molecular weight excluding hydrogens is 64.0 g/mol. The molecule has 0 amide bonds. The maximum Gasteiger partial charge on any atom is 0.0955 e. The Morgan fingerprint density at radius 2 is 2.20 bits per heavy atom. The van der Waals surface area contributed by atoms with Crippen LogP contribution in [0.25, 0.3) is 0 Å². The highest BCUT2D eigenvalue weighted by atomic mass is 14.9. The normalized spacial score (nSPS) is 20.4. The zero-order valence-electron chi connectivity index (χ0n) is 2.94. The maximum absolute atomic E-state index is 5.13. The van der Waals surface area contributed by atoms with Gasteiger partial charge in [-0.3, -0.25) is 4.99 Å². The Balaban J connectivity index is 2.51. The quantitative estimate of drug-likeness (QED) is 0.419. The van der Waals surface area contributed by atoms with Crippen molar-refractivity contribution in [2.45, 2.75) is 6.42 Å². The smallest absolute Gasteiger partial charge is 0.0955 e. The zero-order valence-corrected chi connectivity index (χ0v) is 2.94. The lowest BCUT2D eigenvalue weighted by Gasteiger charge is -2.04. The summed E-state index contributed by atoms with van der Waals surface area (Å²) in [5.41, 5.74) is 5.13. The van der Waals surface area contributed by atoms with E-state index in [-0.39, 0.29) is 0 Å². The van der Waals surface area contributed by atoms with Gasteiger partial charge in [-0.25, -0.2) is 0 Å². The summed E-state index contributed by atoms with van der Waals surface area (Å²) in [6, 6.07) is 0. The molecular formula is C3H6N2. The van der Waals surface area contributed by atoms with Gasteiger partial charge in [0.15, 0.2) is 0 Å². The standard InChI is InChI=1S/C3H6N2/c4-3-1-2-5-3/h1-2H2,(H2,4,5). The van der Waals surface area contributed by atoms with E-state index in [1.165, 1.54) is 0 Å². The average molecular weight is 70.1 g/mol. The third-order valence-corrected chi connectivity index (χ3v) is 0.683. The molecule has 0 radical (unpaired) electrons. The second kappa shape index (κ2) is 0.708. The first-order valence-corrected chi connectivity index (χ1v) is 1.68. The van der Waals surface area contributed by atoms with Gasteiger partial charge in [-0.2, -0.15) is 0 Å². The predicted octanol–water partition coefficient (Wildman–Crippen LogP) is -0.253. The fraction of sp³-hybridized carbons (Fsp3) is 0.667. The van der Waals surface area contributed by atoms with Crippen LogP contribution >= 0.6 is 0 Å². The minimum atomic E-state index is 0.810. The number of nitrogens with two attached hydrogens (primary N) is 1. The van der Waals surface area contributed by atoms with Crippen molar-refractivity contribution in [3.05, 3.63) is 0 Å². The van der Waals surface area contributed by atoms with Crippen LogP contribution in [0.15, 0.2) is 4.99 Å². The van der Waals surface area contributed by atoms with Crippen molar-refractivity contribution in [1.82, 2.24) is 0 Å². The van der Waals surface area contributed by atoms with Gasteiger partial charge in [0.25, 0.3) is 0 Å². The Morgan fingerprint density at radius 1 is 1.80 bits per heavy atom. The van der Waals surface area contributed by atoms with Crippen LogP contribution in [0.1, 0.15) is 6.42 Å². The highest BCUT2D eigenvalue weighted by Gasteiger charge is 1.97. The van der Waals surface area contributed by atoms with Crippen LogP contribution in [-0.2, 0) is 0 Å². The van der Waals surface area contributed by atoms with Gasteiger partial charge < -0.3 is 5.73 Å². The van der Waals surface area contributed by atoms with E-state index in [0.29, 0.717) is 0 Å². The first-order valence-electron chi connectivity index (χ1n) is 1.68. The largest absolute Gasteiger partial charge is 0.387 e. The number of amidine groups is 1. The van der Waals surface area contributed by atoms with Gasteiger partial charge in [-0.15, -0.1) is 0 Å². The van der Waals surface area contributed by atoms with Crippen LogP contribution in [0.5, 0.6) is 0 Å². The summed E-state index contributed by atoms with van der Waals surface area (Å²) in [4.78, 5) is 3.76. The molecule has 0 atom stereocenters. The molecule has 5 heavy (non-hydrogen) atoms. The van der Waals surface area contributed by atoms with Gasteiger partial charge in [-0.1, -0.05) is 0 Å². The van der Waals surface area contributed by atoms with Gasteiger partial charge in [0.2, 0.25) is 0 Å². The first kappa shape index (κ1) is 2.69. The van der Waals surface area contributed by atoms with Gasteiger partial charge in [-0.05, 0) is 0 Å². The summed E-state index contributed by atoms with van der Waals surface area (Å²) in [6.07, 6.45) is 1.01. The van der Waals surface area contributed by atoms with E-state index in [9.17, 15) is 0 Å². The summed E-state index contributed by atoms with van der Waals surface area (Å²) in [5.74, 6) is 0.810. The van der Waals surface area contributed by atoms with Crippen molar-refractivity contribution in [3.8, 4) is 0 Å². The lowest BCUT2D eigenvalue weighted by Crippen LogP contribution is -2.20. The molecule has 0 aromatic carbocycles. The topological polar surface area (TPSA) is 38.4 Å². The van der Waals surface area contributed by atoms with Crippen LogP contribution < -0.4 is 5.73 Å². The van der Waals surface area contributed by atoms with E-state index < -0.39 is 0 Å². The minimum absolute atomic E-state index is 0.810. The third kappa shape index (κ3) is 0.251. The summed E-state index contributed by atoms with van der Waals surface area (Å²) >= 11 is 0. The number of nitrogens with zero attached hydrogens (tertiary/aromatic N) is 1. The maximum atomic E-state index is 5.13. The Hall–Kier alpha value is -0.530. The van der Waals surface area contributed by atoms with E-state index in [4.69, 9.17) is 5.73 Å². The number of hydrogen-bond acceptors (Lipinski definition) is 2. The van der Waals surface area contributed by atoms with Crippen molar-refractivity contribution >= 4 is 5.84 Å². The average Bonchev–Trinajstić information content (AvgIpc) is 1.30. The predicted molar refractivity (Wildman–Crippen MR) is 21.1 cm³/mol. The monoisotopic (exact) mass is 70.1 g/mol. The second-order valence-corrected chi connectivity index (χ2v) is 1.12. The van der Waals surface area contributed by atoms with Crippen LogP contribution in [-0.4, -0.2) is 12.4 Å². The van der Waals surface area contributed by atoms with E-state index in [2.05, 4.69) is 4.99 Å². The molecule has 1 heterocycles.